The molecular formula is C27H27N11Na2O12S2. The van der Waals surface area contributed by atoms with Crippen LogP contribution in [0.4, 0.5) is 20.1 Å². The molecule has 0 bridgehead atoms. The summed E-state index contributed by atoms with van der Waals surface area (Å²) in [5, 5.41) is 51.6. The molecule has 1 aromatic heterocycles. The summed E-state index contributed by atoms with van der Waals surface area (Å²) in [7, 11) is 0. The third kappa shape index (κ3) is 10.4. The molecule has 0 spiro atoms. The Morgan fingerprint density at radius 2 is 1.83 bits per heavy atom. The standard InChI is InChI=1S/C27H29N11O12S2.2Na/c28-14(22(43)44)8-50-27(49)30-13-3-1-11(2-4-13)16(32-25(48)36-6-5-29-24(36)47)19(41)31-17-20(42)38-18(23(45)46)12(9-51-21(17)38)10-52-26-33-34-35-37(26)7-15(39)40;;/h1-4,14,16-17,21H,5-10,28H2,(H,29,47)(H,30,49)(H,31,41)(H,32,48)(H,39,40)(H,43,44)(H,45,46);;/q;2*+1/p-2/t14-,16-,17-,21+;;/m1../s1. The number of rotatable bonds is 14. The van der Waals surface area contributed by atoms with Crippen LogP contribution in [0.1, 0.15) is 11.6 Å². The SMILES string of the molecule is N[C@H](COC(=O)Nc1ccc([C@@H](NC(=O)N2CCNC2=O)C(=O)N[C@@H]2C(=O)N3C(C(=O)[O-])=C(CSc4nnnn4CC(=O)[O-])CS[C@@H]23)cc1)C(=O)O.[Na+].[Na+]. The number of carboxylic acids is 3. The number of amides is 7. The number of thioether (sulfide) groups is 2. The molecule has 4 heterocycles. The summed E-state index contributed by atoms with van der Waals surface area (Å²) in [6.45, 7) is -1.06. The zero-order valence-corrected chi connectivity index (χ0v) is 34.0. The molecule has 7 N–H and O–H groups in total. The van der Waals surface area contributed by atoms with Crippen LogP contribution >= 0.6 is 23.5 Å². The van der Waals surface area contributed by atoms with Crippen LogP contribution in [-0.2, 0) is 35.3 Å². The summed E-state index contributed by atoms with van der Waals surface area (Å²) in [6, 6.07) is -0.441. The van der Waals surface area contributed by atoms with Crippen molar-refractivity contribution in [3.8, 4) is 0 Å². The molecule has 2 fully saturated rings. The number of fused-ring (bicyclic) bond motifs is 1. The molecule has 0 radical (unpaired) electrons. The first-order chi connectivity index (χ1) is 24.7. The van der Waals surface area contributed by atoms with E-state index in [0.29, 0.717) is 0 Å². The van der Waals surface area contributed by atoms with Crippen molar-refractivity contribution in [2.45, 2.75) is 35.2 Å². The van der Waals surface area contributed by atoms with E-state index in [0.717, 1.165) is 38.0 Å². The van der Waals surface area contributed by atoms with Crippen molar-refractivity contribution in [3.63, 3.8) is 0 Å². The fourth-order valence-corrected chi connectivity index (χ4v) is 7.37. The zero-order chi connectivity index (χ0) is 37.7. The van der Waals surface area contributed by atoms with Gasteiger partial charge in [0.1, 0.15) is 30.1 Å². The number of nitrogens with two attached hydrogens (primary N) is 1. The van der Waals surface area contributed by atoms with E-state index in [1.807, 2.05) is 0 Å². The number of nitrogens with one attached hydrogen (secondary N) is 4. The maximum Gasteiger partial charge on any atom is 1.00 e. The average Bonchev–Trinajstić information content (AvgIpc) is 3.74. The number of nitrogens with zero attached hydrogens (tertiary/aromatic N) is 6. The Balaban J connectivity index is 0.00000392. The number of aromatic nitrogens is 4. The minimum Gasteiger partial charge on any atom is -0.548 e. The molecule has 27 heteroatoms. The van der Waals surface area contributed by atoms with Gasteiger partial charge in [0.05, 0.1) is 24.2 Å². The van der Waals surface area contributed by atoms with Crippen LogP contribution in [0.3, 0.4) is 0 Å². The maximum absolute atomic E-state index is 13.7. The third-order valence-corrected chi connectivity index (χ3v) is 9.91. The first-order valence-electron chi connectivity index (χ1n) is 14.9. The number of carbonyl (C=O) groups is 8. The smallest absolute Gasteiger partial charge is 0.548 e. The molecule has 3 aliphatic rings. The van der Waals surface area contributed by atoms with Crippen molar-refractivity contribution in [2.75, 3.05) is 36.5 Å². The second-order valence-electron chi connectivity index (χ2n) is 11.0. The molecule has 0 aliphatic carbocycles. The molecule has 5 rings (SSSR count). The molecule has 3 aliphatic heterocycles. The van der Waals surface area contributed by atoms with E-state index in [4.69, 9.17) is 15.6 Å². The van der Waals surface area contributed by atoms with Crippen molar-refractivity contribution in [3.05, 3.63) is 41.1 Å². The van der Waals surface area contributed by atoms with E-state index in [1.165, 1.54) is 24.3 Å². The van der Waals surface area contributed by atoms with Crippen molar-refractivity contribution in [1.29, 1.82) is 0 Å². The number of hydrogen-bond donors (Lipinski definition) is 6. The van der Waals surface area contributed by atoms with Crippen molar-refractivity contribution < 1.29 is 118 Å². The van der Waals surface area contributed by atoms with Gasteiger partial charge in [-0.1, -0.05) is 23.9 Å². The molecule has 0 saturated carbocycles. The van der Waals surface area contributed by atoms with Crippen LogP contribution < -0.4 is 96.3 Å². The number of β-lactam (4-membered cyclic amide) rings is 1. The summed E-state index contributed by atoms with van der Waals surface area (Å²) in [5.74, 6) is -6.15. The van der Waals surface area contributed by atoms with E-state index in [1.54, 1.807) is 0 Å². The Hall–Kier alpha value is -3.95. The van der Waals surface area contributed by atoms with E-state index >= 15 is 0 Å². The predicted octanol–water partition coefficient (Wildman–Crippen LogP) is -10.6. The zero-order valence-electron chi connectivity index (χ0n) is 28.4. The number of aliphatic carboxylic acids is 3. The molecular weight excluding hydrogens is 780 g/mol. The van der Waals surface area contributed by atoms with Gasteiger partial charge in [-0.2, -0.15) is 0 Å². The number of urea groups is 2. The Kier molecular flexibility index (Phi) is 16.1. The summed E-state index contributed by atoms with van der Waals surface area (Å²) < 4.78 is 5.71. The minimum absolute atomic E-state index is 0. The van der Waals surface area contributed by atoms with Crippen molar-refractivity contribution in [1.82, 2.24) is 46.0 Å². The topological polar surface area (TPSA) is 336 Å². The van der Waals surface area contributed by atoms with E-state index in [2.05, 4.69) is 36.8 Å². The average molecular weight is 808 g/mol. The number of carboxylic acid groups (broad SMARTS) is 3. The summed E-state index contributed by atoms with van der Waals surface area (Å²) in [4.78, 5) is 100. The molecule has 2 saturated heterocycles. The van der Waals surface area contributed by atoms with Gasteiger partial charge in [-0.25, -0.2) is 24.0 Å². The van der Waals surface area contributed by atoms with Crippen LogP contribution in [0.15, 0.2) is 40.7 Å². The third-order valence-electron chi connectivity index (χ3n) is 7.53. The fraction of sp³-hybridized carbons (Fsp3) is 0.370. The minimum atomic E-state index is -1.66. The van der Waals surface area contributed by atoms with Crippen LogP contribution in [0.5, 0.6) is 0 Å². The Morgan fingerprint density at radius 1 is 1.13 bits per heavy atom. The Bertz CT molecular complexity index is 1850. The summed E-state index contributed by atoms with van der Waals surface area (Å²) in [6.07, 6.45) is -1.02. The number of hydrogen-bond acceptors (Lipinski definition) is 17. The van der Waals surface area contributed by atoms with E-state index < -0.39 is 90.2 Å². The normalized spacial score (nSPS) is 18.4. The number of ether oxygens (including phenoxy) is 1. The van der Waals surface area contributed by atoms with Crippen molar-refractivity contribution >= 4 is 77.1 Å². The molecule has 1 aromatic carbocycles. The monoisotopic (exact) mass is 807 g/mol. The number of carbonyl (C=O) groups excluding carboxylic acids is 7. The van der Waals surface area contributed by atoms with Crippen LogP contribution in [0, 0.1) is 0 Å². The van der Waals surface area contributed by atoms with Gasteiger partial charge in [0, 0.05) is 30.3 Å². The number of imide groups is 1. The van der Waals surface area contributed by atoms with Crippen LogP contribution in [0.2, 0.25) is 0 Å². The van der Waals surface area contributed by atoms with Crippen LogP contribution in [-0.4, -0.2) is 132 Å². The van der Waals surface area contributed by atoms with Gasteiger partial charge in [-0.15, -0.1) is 16.9 Å². The summed E-state index contributed by atoms with van der Waals surface area (Å²) >= 11 is 2.06. The van der Waals surface area contributed by atoms with Gasteiger partial charge in [0.2, 0.25) is 11.1 Å². The first kappa shape index (κ1) is 44.4. The molecule has 4 atom stereocenters. The molecule has 276 valence electrons. The van der Waals surface area contributed by atoms with Crippen LogP contribution in [0.25, 0.3) is 0 Å². The van der Waals surface area contributed by atoms with Gasteiger partial charge in [-0.3, -0.25) is 24.6 Å². The van der Waals surface area contributed by atoms with Gasteiger partial charge < -0.3 is 51.3 Å². The quantitative estimate of drug-likeness (QED) is 0.0586. The largest absolute Gasteiger partial charge is 1.00 e. The van der Waals surface area contributed by atoms with Gasteiger partial charge >= 0.3 is 83.2 Å². The molecule has 54 heavy (non-hydrogen) atoms. The van der Waals surface area contributed by atoms with E-state index in [-0.39, 0.29) is 106 Å². The molecule has 23 nitrogen and oxygen atoms in total. The predicted molar refractivity (Wildman–Crippen MR) is 169 cm³/mol. The fourth-order valence-electron chi connectivity index (χ4n) is 5.01. The number of benzene rings is 1. The second kappa shape index (κ2) is 19.6. The van der Waals surface area contributed by atoms with E-state index in [9.17, 15) is 48.6 Å². The molecule has 2 aromatic rings. The Labute approximate surface area is 356 Å². The Morgan fingerprint density at radius 3 is 2.44 bits per heavy atom. The van der Waals surface area contributed by atoms with Gasteiger partial charge in [0.15, 0.2) is 0 Å². The van der Waals surface area contributed by atoms with Gasteiger partial charge in [-0.05, 0) is 33.7 Å². The molecule has 0 unspecified atom stereocenters. The first-order valence-corrected chi connectivity index (χ1v) is 16.9. The number of tetrazole rings is 1. The van der Waals surface area contributed by atoms with Crippen molar-refractivity contribution in [2.24, 2.45) is 5.73 Å². The van der Waals surface area contributed by atoms with Gasteiger partial charge in [0.25, 0.3) is 5.91 Å². The number of anilines is 1. The second-order valence-corrected chi connectivity index (χ2v) is 13.0. The summed E-state index contributed by atoms with van der Waals surface area (Å²) in [5.41, 5.74) is 5.43. The molecule has 7 amide bonds. The maximum atomic E-state index is 13.7.